The van der Waals surface area contributed by atoms with Crippen molar-refractivity contribution >= 4 is 28.3 Å². The van der Waals surface area contributed by atoms with Gasteiger partial charge in [0.05, 0.1) is 6.54 Å². The van der Waals surface area contributed by atoms with Crippen molar-refractivity contribution in [1.29, 1.82) is 0 Å². The number of amides is 1. The Morgan fingerprint density at radius 1 is 1.55 bits per heavy atom. The molecule has 0 spiro atoms. The Balaban J connectivity index is 2.09. The summed E-state index contributed by atoms with van der Waals surface area (Å²) in [7, 11) is -0.860. The predicted octanol–water partition coefficient (Wildman–Crippen LogP) is 1.93. The highest BCUT2D eigenvalue weighted by atomic mass is 35.5. The minimum absolute atomic E-state index is 0.0732. The maximum absolute atomic E-state index is 12.0. The summed E-state index contributed by atoms with van der Waals surface area (Å²) in [6.45, 7) is 2.88. The lowest BCUT2D eigenvalue weighted by Gasteiger charge is -2.25. The van der Waals surface area contributed by atoms with Gasteiger partial charge in [-0.2, -0.15) is 0 Å². The fourth-order valence-electron chi connectivity index (χ4n) is 2.25. The number of rotatable bonds is 5. The van der Waals surface area contributed by atoms with E-state index in [0.717, 1.165) is 12.0 Å². The van der Waals surface area contributed by atoms with E-state index < -0.39 is 10.8 Å². The number of carbonyl (C=O) groups is 1. The fourth-order valence-corrected chi connectivity index (χ4v) is 2.89. The molecule has 1 heterocycles. The first-order valence-electron chi connectivity index (χ1n) is 6.59. The molecule has 1 fully saturated rings. The zero-order chi connectivity index (χ0) is 14.7. The van der Waals surface area contributed by atoms with Crippen LogP contribution in [-0.2, 0) is 15.6 Å². The second-order valence-corrected chi connectivity index (χ2v) is 7.26. The van der Waals surface area contributed by atoms with Gasteiger partial charge in [-0.15, -0.1) is 0 Å². The molecule has 1 aromatic carbocycles. The Labute approximate surface area is 126 Å². The van der Waals surface area contributed by atoms with E-state index in [1.807, 2.05) is 31.2 Å². The maximum atomic E-state index is 12.0. The molecule has 4 nitrogen and oxygen atoms in total. The third kappa shape index (κ3) is 3.59. The highest BCUT2D eigenvalue weighted by molar-refractivity contribution is 7.84. The molecule has 0 saturated carbocycles. The van der Waals surface area contributed by atoms with Crippen molar-refractivity contribution in [2.24, 2.45) is 0 Å². The van der Waals surface area contributed by atoms with Crippen LogP contribution >= 0.6 is 11.6 Å². The third-order valence-electron chi connectivity index (χ3n) is 3.59. The van der Waals surface area contributed by atoms with Gasteiger partial charge in [0.25, 0.3) is 0 Å². The van der Waals surface area contributed by atoms with E-state index in [-0.39, 0.29) is 17.3 Å². The van der Waals surface area contributed by atoms with Crippen molar-refractivity contribution in [2.45, 2.75) is 24.8 Å². The standard InChI is InChI=1S/C14H19ClN2O2S/c1-10(20(2)19)6-7-17-13(18)9-16-14(17)11-4-3-5-12(15)8-11/h3-5,8,10,14,16H,6-7,9H2,1-2H3. The summed E-state index contributed by atoms with van der Waals surface area (Å²) >= 11 is 6.01. The summed E-state index contributed by atoms with van der Waals surface area (Å²) in [6, 6.07) is 7.52. The van der Waals surface area contributed by atoms with Gasteiger partial charge >= 0.3 is 0 Å². The molecule has 1 amide bonds. The van der Waals surface area contributed by atoms with Gasteiger partial charge in [-0.3, -0.25) is 14.3 Å². The smallest absolute Gasteiger partial charge is 0.238 e. The first kappa shape index (κ1) is 15.5. The first-order chi connectivity index (χ1) is 9.49. The van der Waals surface area contributed by atoms with E-state index in [4.69, 9.17) is 11.6 Å². The van der Waals surface area contributed by atoms with Crippen molar-refractivity contribution in [2.75, 3.05) is 19.3 Å². The largest absolute Gasteiger partial charge is 0.322 e. The van der Waals surface area contributed by atoms with Crippen LogP contribution in [0, 0.1) is 0 Å². The van der Waals surface area contributed by atoms with E-state index >= 15 is 0 Å². The Hall–Kier alpha value is -0.910. The minimum Gasteiger partial charge on any atom is -0.322 e. The SMILES string of the molecule is CC(CCN1C(=O)CNC1c1cccc(Cl)c1)S(C)=O. The number of hydrogen-bond donors (Lipinski definition) is 1. The van der Waals surface area contributed by atoms with Gasteiger partial charge in [-0.25, -0.2) is 0 Å². The third-order valence-corrected chi connectivity index (χ3v) is 5.19. The van der Waals surface area contributed by atoms with Gasteiger partial charge in [-0.1, -0.05) is 30.7 Å². The molecular weight excluding hydrogens is 296 g/mol. The zero-order valence-electron chi connectivity index (χ0n) is 11.6. The Morgan fingerprint density at radius 2 is 2.30 bits per heavy atom. The monoisotopic (exact) mass is 314 g/mol. The number of benzene rings is 1. The number of nitrogens with one attached hydrogen (secondary N) is 1. The van der Waals surface area contributed by atoms with Crippen molar-refractivity contribution in [3.8, 4) is 0 Å². The summed E-state index contributed by atoms with van der Waals surface area (Å²) in [4.78, 5) is 13.8. The van der Waals surface area contributed by atoms with Crippen LogP contribution in [0.5, 0.6) is 0 Å². The van der Waals surface area contributed by atoms with Gasteiger partial charge in [0.15, 0.2) is 0 Å². The van der Waals surface area contributed by atoms with Gasteiger partial charge in [0.1, 0.15) is 6.17 Å². The van der Waals surface area contributed by atoms with E-state index in [1.165, 1.54) is 0 Å². The number of halogens is 1. The van der Waals surface area contributed by atoms with Gasteiger partial charge in [0, 0.05) is 33.9 Å². The van der Waals surface area contributed by atoms with E-state index in [0.29, 0.717) is 18.1 Å². The van der Waals surface area contributed by atoms with Crippen molar-refractivity contribution < 1.29 is 9.00 Å². The van der Waals surface area contributed by atoms with Crippen LogP contribution in [0.4, 0.5) is 0 Å². The Bertz CT molecular complexity index is 524. The molecule has 20 heavy (non-hydrogen) atoms. The summed E-state index contributed by atoms with van der Waals surface area (Å²) in [5.74, 6) is 0.0732. The average molecular weight is 315 g/mol. The van der Waals surface area contributed by atoms with Crippen LogP contribution in [0.25, 0.3) is 0 Å². The summed E-state index contributed by atoms with van der Waals surface area (Å²) in [5.41, 5.74) is 0.980. The van der Waals surface area contributed by atoms with E-state index in [1.54, 1.807) is 11.2 Å². The van der Waals surface area contributed by atoms with Gasteiger partial charge in [0.2, 0.25) is 5.91 Å². The highest BCUT2D eigenvalue weighted by Crippen LogP contribution is 2.25. The molecule has 3 atom stereocenters. The molecule has 1 aromatic rings. The lowest BCUT2D eigenvalue weighted by atomic mass is 10.1. The molecular formula is C14H19ClN2O2S. The summed E-state index contributed by atoms with van der Waals surface area (Å²) < 4.78 is 11.4. The number of carbonyl (C=O) groups excluding carboxylic acids is 1. The highest BCUT2D eigenvalue weighted by Gasteiger charge is 2.31. The molecule has 1 aliphatic heterocycles. The van der Waals surface area contributed by atoms with Crippen LogP contribution in [0.15, 0.2) is 24.3 Å². The molecule has 0 radical (unpaired) electrons. The lowest BCUT2D eigenvalue weighted by molar-refractivity contribution is -0.128. The average Bonchev–Trinajstić information content (AvgIpc) is 2.77. The van der Waals surface area contributed by atoms with Crippen LogP contribution in [0.1, 0.15) is 25.1 Å². The molecule has 0 bridgehead atoms. The van der Waals surface area contributed by atoms with E-state index in [9.17, 15) is 9.00 Å². The van der Waals surface area contributed by atoms with Gasteiger partial charge in [-0.05, 0) is 24.1 Å². The van der Waals surface area contributed by atoms with Crippen molar-refractivity contribution in [3.63, 3.8) is 0 Å². The van der Waals surface area contributed by atoms with Gasteiger partial charge < -0.3 is 4.90 Å². The molecule has 3 unspecified atom stereocenters. The van der Waals surface area contributed by atoms with Crippen LogP contribution < -0.4 is 5.32 Å². The molecule has 110 valence electrons. The molecule has 6 heteroatoms. The molecule has 1 saturated heterocycles. The minimum atomic E-state index is -0.860. The van der Waals surface area contributed by atoms with Crippen LogP contribution in [-0.4, -0.2) is 39.6 Å². The second-order valence-electron chi connectivity index (χ2n) is 5.02. The normalized spacial score (nSPS) is 22.1. The summed E-state index contributed by atoms with van der Waals surface area (Å²) in [6.07, 6.45) is 2.29. The van der Waals surface area contributed by atoms with Crippen LogP contribution in [0.2, 0.25) is 5.02 Å². The maximum Gasteiger partial charge on any atom is 0.238 e. The summed E-state index contributed by atoms with van der Waals surface area (Å²) in [5, 5.41) is 3.94. The zero-order valence-corrected chi connectivity index (χ0v) is 13.2. The number of hydrogen-bond acceptors (Lipinski definition) is 3. The van der Waals surface area contributed by atoms with Crippen LogP contribution in [0.3, 0.4) is 0 Å². The molecule has 2 rings (SSSR count). The fraction of sp³-hybridized carbons (Fsp3) is 0.500. The first-order valence-corrected chi connectivity index (χ1v) is 8.59. The molecule has 1 aliphatic rings. The number of nitrogens with zero attached hydrogens (tertiary/aromatic N) is 1. The molecule has 1 N–H and O–H groups in total. The van der Waals surface area contributed by atoms with E-state index in [2.05, 4.69) is 5.32 Å². The Morgan fingerprint density at radius 3 is 2.95 bits per heavy atom. The van der Waals surface area contributed by atoms with Crippen molar-refractivity contribution in [3.05, 3.63) is 34.9 Å². The van der Waals surface area contributed by atoms with Crippen molar-refractivity contribution in [1.82, 2.24) is 10.2 Å². The Kier molecular flexibility index (Phi) is 5.18. The second kappa shape index (κ2) is 6.70. The topological polar surface area (TPSA) is 49.4 Å². The predicted molar refractivity (Wildman–Crippen MR) is 82.1 cm³/mol. The molecule has 0 aliphatic carbocycles. The quantitative estimate of drug-likeness (QED) is 0.903. The molecule has 0 aromatic heterocycles. The lowest BCUT2D eigenvalue weighted by Crippen LogP contribution is -2.33.